The quantitative estimate of drug-likeness (QED) is 0.166. The van der Waals surface area contributed by atoms with E-state index in [4.69, 9.17) is 0 Å². The van der Waals surface area contributed by atoms with E-state index in [1.54, 1.807) is 0 Å². The Morgan fingerprint density at radius 2 is 0.711 bits per heavy atom. The molecule has 76 heavy (non-hydrogen) atoms. The van der Waals surface area contributed by atoms with Crippen molar-refractivity contribution >= 4 is 17.1 Å². The normalized spacial score (nSPS) is 15.3. The summed E-state index contributed by atoms with van der Waals surface area (Å²) in [7, 11) is 0. The van der Waals surface area contributed by atoms with Crippen LogP contribution in [0, 0.1) is 0 Å². The molecule has 0 heterocycles. The number of nitrogens with zero attached hydrogens (tertiary/aromatic N) is 1. The Hall–Kier alpha value is -8.00. The van der Waals surface area contributed by atoms with Crippen molar-refractivity contribution in [3.05, 3.63) is 268 Å². The van der Waals surface area contributed by atoms with Gasteiger partial charge in [-0.15, -0.1) is 0 Å². The number of hydrogen-bond donors (Lipinski definition) is 0. The molecule has 0 saturated carbocycles. The molecule has 0 unspecified atom stereocenters. The van der Waals surface area contributed by atoms with E-state index in [-0.39, 0.29) is 21.7 Å². The summed E-state index contributed by atoms with van der Waals surface area (Å²) in [5, 5.41) is 0. The highest BCUT2D eigenvalue weighted by Crippen LogP contribution is 2.64. The van der Waals surface area contributed by atoms with E-state index in [1.165, 1.54) is 122 Å². The molecule has 0 saturated heterocycles. The van der Waals surface area contributed by atoms with Gasteiger partial charge in [0, 0.05) is 27.8 Å². The van der Waals surface area contributed by atoms with Crippen LogP contribution in [0.3, 0.4) is 0 Å². The second kappa shape index (κ2) is 16.0. The predicted octanol–water partition coefficient (Wildman–Crippen LogP) is 20.0. The van der Waals surface area contributed by atoms with Gasteiger partial charge < -0.3 is 4.90 Å². The van der Waals surface area contributed by atoms with Gasteiger partial charge in [0.2, 0.25) is 0 Å². The highest BCUT2D eigenvalue weighted by molar-refractivity contribution is 5.98. The minimum atomic E-state index is -0.539. The molecule has 370 valence electrons. The van der Waals surface area contributed by atoms with Crippen molar-refractivity contribution in [2.24, 2.45) is 0 Å². The predicted molar refractivity (Wildman–Crippen MR) is 321 cm³/mol. The summed E-state index contributed by atoms with van der Waals surface area (Å²) in [5.74, 6) is 0. The van der Waals surface area contributed by atoms with Crippen LogP contribution in [0.15, 0.2) is 212 Å². The maximum Gasteiger partial charge on any atom is 0.0726 e. The van der Waals surface area contributed by atoms with Gasteiger partial charge in [0.05, 0.1) is 11.1 Å². The zero-order chi connectivity index (χ0) is 52.3. The monoisotopic (exact) mass is 980 g/mol. The Balaban J connectivity index is 1.01. The van der Waals surface area contributed by atoms with E-state index in [0.29, 0.717) is 0 Å². The molecule has 1 spiro atoms. The van der Waals surface area contributed by atoms with E-state index in [2.05, 4.69) is 286 Å². The highest BCUT2D eigenvalue weighted by Gasteiger charge is 2.53. The molecule has 10 aromatic carbocycles. The third-order valence-electron chi connectivity index (χ3n) is 18.2. The van der Waals surface area contributed by atoms with Gasteiger partial charge in [-0.25, -0.2) is 0 Å². The van der Waals surface area contributed by atoms with Crippen molar-refractivity contribution in [2.75, 3.05) is 4.90 Å². The van der Waals surface area contributed by atoms with Crippen LogP contribution >= 0.6 is 0 Å². The Kier molecular flexibility index (Phi) is 9.80. The molecule has 0 atom stereocenters. The zero-order valence-corrected chi connectivity index (χ0v) is 45.7. The number of rotatable bonds is 5. The molecule has 10 aromatic rings. The van der Waals surface area contributed by atoms with Crippen molar-refractivity contribution < 1.29 is 0 Å². The van der Waals surface area contributed by atoms with Crippen molar-refractivity contribution in [1.82, 2.24) is 0 Å². The molecular formula is C75H65N. The maximum atomic E-state index is 2.57. The van der Waals surface area contributed by atoms with Crippen LogP contribution in [0.5, 0.6) is 0 Å². The molecule has 4 aliphatic carbocycles. The van der Waals surface area contributed by atoms with E-state index in [1.807, 2.05) is 0 Å². The fourth-order valence-corrected chi connectivity index (χ4v) is 14.3. The third-order valence-corrected chi connectivity index (χ3v) is 18.2. The minimum absolute atomic E-state index is 0.0356. The number of benzene rings is 10. The van der Waals surface area contributed by atoms with Crippen molar-refractivity contribution in [2.45, 2.75) is 96.3 Å². The third kappa shape index (κ3) is 6.45. The van der Waals surface area contributed by atoms with E-state index >= 15 is 0 Å². The summed E-state index contributed by atoms with van der Waals surface area (Å²) in [6.07, 6.45) is 0. The SMILES string of the molecule is CC(C)(C)c1ccc2c(c1)C1(c3ccccc3-c3ccc(N(c4ccc(-c5cccc6c5C(C)(C)c5ccccc5-6)cc4)c4ccccc4-c4ccc5c(c4)C(C)(C)c4ccccc4-5)cc31)c1cc(C(C)(C)C)ccc1-2. The summed E-state index contributed by atoms with van der Waals surface area (Å²) in [5.41, 5.74) is 31.8. The van der Waals surface area contributed by atoms with Crippen molar-refractivity contribution in [3.63, 3.8) is 0 Å². The lowest BCUT2D eigenvalue weighted by molar-refractivity contribution is 0.586. The molecule has 0 fully saturated rings. The van der Waals surface area contributed by atoms with Crippen LogP contribution in [0.2, 0.25) is 0 Å². The molecule has 0 bridgehead atoms. The molecule has 4 aliphatic rings. The van der Waals surface area contributed by atoms with Gasteiger partial charge in [-0.2, -0.15) is 0 Å². The summed E-state index contributed by atoms with van der Waals surface area (Å²) in [6.45, 7) is 23.6. The summed E-state index contributed by atoms with van der Waals surface area (Å²) < 4.78 is 0. The number of anilines is 3. The molecule has 1 nitrogen and oxygen atoms in total. The topological polar surface area (TPSA) is 3.24 Å². The lowest BCUT2D eigenvalue weighted by Gasteiger charge is -2.34. The fourth-order valence-electron chi connectivity index (χ4n) is 14.3. The first-order chi connectivity index (χ1) is 36.5. The Morgan fingerprint density at radius 3 is 1.33 bits per heavy atom. The largest absolute Gasteiger partial charge is 0.310 e. The van der Waals surface area contributed by atoms with Gasteiger partial charge in [0.25, 0.3) is 0 Å². The smallest absolute Gasteiger partial charge is 0.0726 e. The average molecular weight is 980 g/mol. The molecule has 0 aliphatic heterocycles. The van der Waals surface area contributed by atoms with Crippen LogP contribution in [-0.2, 0) is 27.1 Å². The van der Waals surface area contributed by atoms with Gasteiger partial charge in [-0.1, -0.05) is 245 Å². The van der Waals surface area contributed by atoms with Crippen LogP contribution in [0.4, 0.5) is 17.1 Å². The second-order valence-corrected chi connectivity index (χ2v) is 25.3. The van der Waals surface area contributed by atoms with Gasteiger partial charge in [0.1, 0.15) is 0 Å². The van der Waals surface area contributed by atoms with E-state index in [9.17, 15) is 0 Å². The molecular weight excluding hydrogens is 915 g/mol. The van der Waals surface area contributed by atoms with Gasteiger partial charge in [-0.3, -0.25) is 0 Å². The van der Waals surface area contributed by atoms with Crippen LogP contribution in [-0.4, -0.2) is 0 Å². The van der Waals surface area contributed by atoms with Gasteiger partial charge in [0.15, 0.2) is 0 Å². The summed E-state index contributed by atoms with van der Waals surface area (Å²) in [4.78, 5) is 2.55. The number of hydrogen-bond acceptors (Lipinski definition) is 1. The fraction of sp³-hybridized carbons (Fsp3) is 0.200. The summed E-state index contributed by atoms with van der Waals surface area (Å²) in [6, 6.07) is 82.0. The number of para-hydroxylation sites is 1. The first-order valence-electron chi connectivity index (χ1n) is 27.5. The molecule has 0 radical (unpaired) electrons. The lowest BCUT2D eigenvalue weighted by Crippen LogP contribution is -2.27. The average Bonchev–Trinajstić information content (AvgIpc) is 4.05. The lowest BCUT2D eigenvalue weighted by atomic mass is 9.68. The van der Waals surface area contributed by atoms with Crippen LogP contribution in [0.25, 0.3) is 66.8 Å². The molecule has 0 amide bonds. The van der Waals surface area contributed by atoms with E-state index in [0.717, 1.165) is 17.1 Å². The second-order valence-electron chi connectivity index (χ2n) is 25.3. The first-order valence-corrected chi connectivity index (χ1v) is 27.5. The Morgan fingerprint density at radius 1 is 0.289 bits per heavy atom. The standard InChI is InChI=1S/C75H65N/c1-71(2,3)48-33-39-58-59-40-34-49(72(4,5)6)44-67(59)75(66(58)43-48)64-28-17-13-22-55(64)60-41-37-51(45-68(60)75)76(50-35-30-46(31-36-50)53-24-19-25-61-56-23-12-16-27-63(56)74(9,10)70(53)61)69-29-18-14-20-52(69)47-32-38-57-54-21-11-15-26-62(54)73(7,8)65(57)42-47/h11-45H,1-10H3. The van der Waals surface area contributed by atoms with Crippen molar-refractivity contribution in [1.29, 1.82) is 0 Å². The molecule has 1 heteroatoms. The van der Waals surface area contributed by atoms with Crippen LogP contribution in [0.1, 0.15) is 125 Å². The maximum absolute atomic E-state index is 2.57. The van der Waals surface area contributed by atoms with Gasteiger partial charge >= 0.3 is 0 Å². The zero-order valence-electron chi connectivity index (χ0n) is 45.7. The number of fused-ring (bicyclic) bond motifs is 16. The molecule has 14 rings (SSSR count). The van der Waals surface area contributed by atoms with Gasteiger partial charge in [-0.05, 0) is 164 Å². The molecule has 0 aromatic heterocycles. The Bertz CT molecular complexity index is 4000. The summed E-state index contributed by atoms with van der Waals surface area (Å²) >= 11 is 0. The Labute approximate surface area is 450 Å². The first kappa shape index (κ1) is 46.5. The van der Waals surface area contributed by atoms with Crippen molar-refractivity contribution in [3.8, 4) is 66.8 Å². The van der Waals surface area contributed by atoms with Crippen LogP contribution < -0.4 is 4.90 Å². The highest BCUT2D eigenvalue weighted by atomic mass is 15.1. The molecule has 0 N–H and O–H groups in total. The van der Waals surface area contributed by atoms with E-state index < -0.39 is 5.41 Å². The minimum Gasteiger partial charge on any atom is -0.310 e.